The average Bonchev–Trinajstić information content (AvgIpc) is 2.69. The minimum absolute atomic E-state index is 0.0720. The monoisotopic (exact) mass is 284 g/mol. The Balaban J connectivity index is 1.83. The van der Waals surface area contributed by atoms with Crippen LogP contribution in [0.5, 0.6) is 0 Å². The van der Waals surface area contributed by atoms with Crippen molar-refractivity contribution in [3.8, 4) is 0 Å². The summed E-state index contributed by atoms with van der Waals surface area (Å²) >= 11 is 0. The third-order valence-corrected chi connectivity index (χ3v) is 5.05. The van der Waals surface area contributed by atoms with Gasteiger partial charge in [-0.2, -0.15) is 0 Å². The Morgan fingerprint density at radius 3 is 2.84 bits per heavy atom. The molecule has 1 aliphatic heterocycles. The first-order valence-electron chi connectivity index (χ1n) is 6.11. The number of nitro groups is 1. The molecule has 1 aliphatic rings. The van der Waals surface area contributed by atoms with E-state index >= 15 is 0 Å². The molecule has 0 radical (unpaired) electrons. The Bertz CT molecular complexity index is 571. The second-order valence-corrected chi connectivity index (χ2v) is 7.06. The highest BCUT2D eigenvalue weighted by molar-refractivity contribution is 7.91. The molecule has 0 spiro atoms. The van der Waals surface area contributed by atoms with E-state index < -0.39 is 14.8 Å². The highest BCUT2D eigenvalue weighted by Gasteiger charge is 2.27. The van der Waals surface area contributed by atoms with E-state index in [1.54, 1.807) is 6.07 Å². The lowest BCUT2D eigenvalue weighted by Gasteiger charge is -2.09. The van der Waals surface area contributed by atoms with Gasteiger partial charge in [0.05, 0.1) is 16.4 Å². The molecule has 0 bridgehead atoms. The molecule has 2 rings (SSSR count). The van der Waals surface area contributed by atoms with E-state index in [1.807, 2.05) is 6.07 Å². The van der Waals surface area contributed by atoms with Gasteiger partial charge in [-0.05, 0) is 24.4 Å². The van der Waals surface area contributed by atoms with Crippen LogP contribution in [0.2, 0.25) is 0 Å². The Kier molecular flexibility index (Phi) is 4.16. The van der Waals surface area contributed by atoms with Crippen molar-refractivity contribution < 1.29 is 13.3 Å². The van der Waals surface area contributed by atoms with Gasteiger partial charge in [-0.15, -0.1) is 0 Å². The summed E-state index contributed by atoms with van der Waals surface area (Å²) in [6.07, 6.45) is 0.699. The largest absolute Gasteiger partial charge is 0.312 e. The Morgan fingerprint density at radius 1 is 1.42 bits per heavy atom. The molecule has 7 heteroatoms. The number of sulfone groups is 1. The molecule has 1 atom stereocenters. The Labute approximate surface area is 111 Å². The first-order chi connectivity index (χ1) is 8.96. The molecular weight excluding hydrogens is 268 g/mol. The van der Waals surface area contributed by atoms with Crippen LogP contribution in [0.15, 0.2) is 24.3 Å². The van der Waals surface area contributed by atoms with E-state index in [2.05, 4.69) is 5.32 Å². The van der Waals surface area contributed by atoms with Gasteiger partial charge in [0, 0.05) is 18.7 Å². The molecule has 6 nitrogen and oxygen atoms in total. The van der Waals surface area contributed by atoms with Crippen LogP contribution in [0.3, 0.4) is 0 Å². The minimum Gasteiger partial charge on any atom is -0.312 e. The van der Waals surface area contributed by atoms with Crippen LogP contribution in [-0.4, -0.2) is 31.4 Å². The lowest BCUT2D eigenvalue weighted by atomic mass is 10.1. The molecule has 1 heterocycles. The first kappa shape index (κ1) is 14.0. The maximum Gasteiger partial charge on any atom is 0.269 e. The number of nitrogens with zero attached hydrogens (tertiary/aromatic N) is 1. The van der Waals surface area contributed by atoms with Crippen LogP contribution in [0.1, 0.15) is 12.0 Å². The topological polar surface area (TPSA) is 89.3 Å². The van der Waals surface area contributed by atoms with Gasteiger partial charge in [-0.1, -0.05) is 12.1 Å². The van der Waals surface area contributed by atoms with Crippen molar-refractivity contribution in [1.82, 2.24) is 5.32 Å². The van der Waals surface area contributed by atoms with Gasteiger partial charge in [0.2, 0.25) is 0 Å². The zero-order chi connectivity index (χ0) is 13.9. The van der Waals surface area contributed by atoms with Gasteiger partial charge in [-0.3, -0.25) is 10.1 Å². The molecule has 1 saturated heterocycles. The molecule has 0 saturated carbocycles. The van der Waals surface area contributed by atoms with E-state index in [1.165, 1.54) is 12.1 Å². The van der Waals surface area contributed by atoms with Gasteiger partial charge >= 0.3 is 0 Å². The summed E-state index contributed by atoms with van der Waals surface area (Å²) in [5.74, 6) is 0.675. The molecule has 0 aromatic heterocycles. The minimum atomic E-state index is -2.84. The van der Waals surface area contributed by atoms with Crippen molar-refractivity contribution in [2.75, 3.05) is 18.1 Å². The van der Waals surface area contributed by atoms with Gasteiger partial charge < -0.3 is 5.32 Å². The van der Waals surface area contributed by atoms with E-state index in [4.69, 9.17) is 0 Å². The zero-order valence-electron chi connectivity index (χ0n) is 10.4. The molecule has 1 fully saturated rings. The summed E-state index contributed by atoms with van der Waals surface area (Å²) in [4.78, 5) is 10.2. The van der Waals surface area contributed by atoms with E-state index in [0.29, 0.717) is 19.5 Å². The molecule has 0 aliphatic carbocycles. The third kappa shape index (κ3) is 4.00. The van der Waals surface area contributed by atoms with Crippen molar-refractivity contribution in [3.63, 3.8) is 0 Å². The fourth-order valence-electron chi connectivity index (χ4n) is 2.23. The van der Waals surface area contributed by atoms with Crippen LogP contribution in [0, 0.1) is 16.0 Å². The van der Waals surface area contributed by atoms with Crippen molar-refractivity contribution in [2.45, 2.75) is 13.0 Å². The highest BCUT2D eigenvalue weighted by atomic mass is 32.2. The van der Waals surface area contributed by atoms with Crippen molar-refractivity contribution in [3.05, 3.63) is 39.9 Å². The summed E-state index contributed by atoms with van der Waals surface area (Å²) < 4.78 is 22.6. The Morgan fingerprint density at radius 2 is 2.21 bits per heavy atom. The first-order valence-corrected chi connectivity index (χ1v) is 7.93. The van der Waals surface area contributed by atoms with Crippen molar-refractivity contribution >= 4 is 15.5 Å². The van der Waals surface area contributed by atoms with Crippen LogP contribution in [-0.2, 0) is 16.4 Å². The second kappa shape index (κ2) is 5.66. The number of nitrogens with one attached hydrogen (secondary N) is 1. The molecule has 19 heavy (non-hydrogen) atoms. The smallest absolute Gasteiger partial charge is 0.269 e. The number of hydrogen-bond acceptors (Lipinski definition) is 5. The standard InChI is InChI=1S/C12H16N2O4S/c15-14(16)12-3-1-2-10(6-12)7-13-8-11-4-5-19(17,18)9-11/h1-3,6,11,13H,4-5,7-9H2. The van der Waals surface area contributed by atoms with Crippen LogP contribution >= 0.6 is 0 Å². The van der Waals surface area contributed by atoms with Gasteiger partial charge in [-0.25, -0.2) is 8.42 Å². The van der Waals surface area contributed by atoms with E-state index in [-0.39, 0.29) is 23.1 Å². The summed E-state index contributed by atoms with van der Waals surface area (Å²) in [5.41, 5.74) is 0.901. The lowest BCUT2D eigenvalue weighted by Crippen LogP contribution is -2.23. The summed E-state index contributed by atoms with van der Waals surface area (Å²) in [6.45, 7) is 1.14. The lowest BCUT2D eigenvalue weighted by molar-refractivity contribution is -0.384. The molecule has 104 valence electrons. The van der Waals surface area contributed by atoms with Crippen LogP contribution in [0.4, 0.5) is 5.69 Å². The summed E-state index contributed by atoms with van der Waals surface area (Å²) in [5, 5.41) is 13.8. The van der Waals surface area contributed by atoms with Gasteiger partial charge in [0.1, 0.15) is 0 Å². The van der Waals surface area contributed by atoms with E-state index in [0.717, 1.165) is 5.56 Å². The third-order valence-electron chi connectivity index (χ3n) is 3.21. The van der Waals surface area contributed by atoms with Gasteiger partial charge in [0.25, 0.3) is 5.69 Å². The molecule has 1 aromatic rings. The molecular formula is C12H16N2O4S. The van der Waals surface area contributed by atoms with E-state index in [9.17, 15) is 18.5 Å². The number of rotatable bonds is 5. The molecule has 0 amide bonds. The SMILES string of the molecule is O=[N+]([O-])c1cccc(CNCC2CCS(=O)(=O)C2)c1. The molecule has 1 unspecified atom stereocenters. The van der Waals surface area contributed by atoms with Crippen molar-refractivity contribution in [2.24, 2.45) is 5.92 Å². The fraction of sp³-hybridized carbons (Fsp3) is 0.500. The van der Waals surface area contributed by atoms with Gasteiger partial charge in [0.15, 0.2) is 9.84 Å². The number of benzene rings is 1. The molecule has 1 N–H and O–H groups in total. The summed E-state index contributed by atoms with van der Waals surface area (Å²) in [7, 11) is -2.84. The fourth-order valence-corrected chi connectivity index (χ4v) is 4.10. The molecule has 1 aromatic carbocycles. The normalized spacial score (nSPS) is 21.4. The number of nitro benzene ring substituents is 1. The predicted molar refractivity (Wildman–Crippen MR) is 71.6 cm³/mol. The van der Waals surface area contributed by atoms with Crippen LogP contribution in [0.25, 0.3) is 0 Å². The zero-order valence-corrected chi connectivity index (χ0v) is 11.2. The Hall–Kier alpha value is -1.47. The van der Waals surface area contributed by atoms with Crippen LogP contribution < -0.4 is 5.32 Å². The second-order valence-electron chi connectivity index (χ2n) is 4.83. The quantitative estimate of drug-likeness (QED) is 0.646. The predicted octanol–water partition coefficient (Wildman–Crippen LogP) is 1.12. The maximum absolute atomic E-state index is 11.3. The highest BCUT2D eigenvalue weighted by Crippen LogP contribution is 2.18. The maximum atomic E-state index is 11.3. The summed E-state index contributed by atoms with van der Waals surface area (Å²) in [6, 6.07) is 6.44. The number of non-ortho nitro benzene ring substituents is 1. The van der Waals surface area contributed by atoms with Crippen molar-refractivity contribution in [1.29, 1.82) is 0 Å². The average molecular weight is 284 g/mol. The number of hydrogen-bond donors (Lipinski definition) is 1.